The SMILES string of the molecule is N#CCCCCOC(=O)/C=C/c1c(C(=O)O)[nH]c2cc(Cl)cc(Cl)c12. The summed E-state index contributed by atoms with van der Waals surface area (Å²) in [5.74, 6) is -1.79. The standard InChI is InChI=1S/C17H14Cl2N2O4/c18-10-8-12(19)15-11(16(17(23)24)21-13(15)9-10)4-5-14(22)25-7-3-1-2-6-20/h4-5,8-9,21H,1-3,7H2,(H,23,24)/b5-4+. The lowest BCUT2D eigenvalue weighted by molar-refractivity contribution is -0.137. The van der Waals surface area contributed by atoms with Gasteiger partial charge in [0.2, 0.25) is 0 Å². The van der Waals surface area contributed by atoms with E-state index in [0.717, 1.165) is 6.08 Å². The third-order valence-electron chi connectivity index (χ3n) is 3.38. The third-order valence-corrected chi connectivity index (χ3v) is 3.90. The van der Waals surface area contributed by atoms with Crippen molar-refractivity contribution >= 4 is 52.1 Å². The predicted molar refractivity (Wildman–Crippen MR) is 94.7 cm³/mol. The van der Waals surface area contributed by atoms with Gasteiger partial charge in [0, 0.05) is 34.0 Å². The lowest BCUT2D eigenvalue weighted by Gasteiger charge is -2.01. The van der Waals surface area contributed by atoms with E-state index in [0.29, 0.717) is 35.2 Å². The Kier molecular flexibility index (Phi) is 6.45. The van der Waals surface area contributed by atoms with E-state index in [1.54, 1.807) is 6.07 Å². The molecule has 1 heterocycles. The fourth-order valence-corrected chi connectivity index (χ4v) is 2.88. The van der Waals surface area contributed by atoms with E-state index in [1.807, 2.05) is 6.07 Å². The Morgan fingerprint density at radius 3 is 2.76 bits per heavy atom. The number of hydrogen-bond acceptors (Lipinski definition) is 4. The van der Waals surface area contributed by atoms with Crippen molar-refractivity contribution in [3.63, 3.8) is 0 Å². The fourth-order valence-electron chi connectivity index (χ4n) is 2.29. The first-order chi connectivity index (χ1) is 11.9. The van der Waals surface area contributed by atoms with Crippen LogP contribution in [0.2, 0.25) is 10.0 Å². The molecule has 1 aromatic carbocycles. The van der Waals surface area contributed by atoms with Gasteiger partial charge in [-0.25, -0.2) is 9.59 Å². The number of fused-ring (bicyclic) bond motifs is 1. The lowest BCUT2D eigenvalue weighted by atomic mass is 10.1. The van der Waals surface area contributed by atoms with E-state index in [2.05, 4.69) is 4.98 Å². The van der Waals surface area contributed by atoms with Gasteiger partial charge in [-0.15, -0.1) is 0 Å². The highest BCUT2D eigenvalue weighted by molar-refractivity contribution is 6.39. The summed E-state index contributed by atoms with van der Waals surface area (Å²) in [6.07, 6.45) is 4.14. The van der Waals surface area contributed by atoms with E-state index in [9.17, 15) is 14.7 Å². The molecule has 25 heavy (non-hydrogen) atoms. The average molecular weight is 381 g/mol. The Bertz CT molecular complexity index is 881. The maximum absolute atomic E-state index is 11.7. The molecule has 8 heteroatoms. The van der Waals surface area contributed by atoms with Crippen LogP contribution in [-0.2, 0) is 9.53 Å². The van der Waals surface area contributed by atoms with Gasteiger partial charge in [0.05, 0.1) is 17.7 Å². The summed E-state index contributed by atoms with van der Waals surface area (Å²) in [4.78, 5) is 25.9. The van der Waals surface area contributed by atoms with Gasteiger partial charge >= 0.3 is 11.9 Å². The number of unbranched alkanes of at least 4 members (excludes halogenated alkanes) is 2. The number of aromatic carboxylic acids is 1. The van der Waals surface area contributed by atoms with Crippen LogP contribution >= 0.6 is 23.2 Å². The molecule has 2 N–H and O–H groups in total. The van der Waals surface area contributed by atoms with E-state index >= 15 is 0 Å². The molecule has 0 saturated carbocycles. The van der Waals surface area contributed by atoms with Gasteiger partial charge in [-0.05, 0) is 31.1 Å². The number of aromatic nitrogens is 1. The van der Waals surface area contributed by atoms with Crippen LogP contribution in [0.4, 0.5) is 0 Å². The van der Waals surface area contributed by atoms with Crippen LogP contribution < -0.4 is 0 Å². The Morgan fingerprint density at radius 2 is 2.08 bits per heavy atom. The van der Waals surface area contributed by atoms with E-state index < -0.39 is 11.9 Å². The largest absolute Gasteiger partial charge is 0.477 e. The van der Waals surface area contributed by atoms with Crippen molar-refractivity contribution in [1.29, 1.82) is 5.26 Å². The lowest BCUT2D eigenvalue weighted by Crippen LogP contribution is -2.03. The monoisotopic (exact) mass is 380 g/mol. The average Bonchev–Trinajstić information content (AvgIpc) is 2.91. The number of hydrogen-bond donors (Lipinski definition) is 2. The fraction of sp³-hybridized carbons (Fsp3) is 0.235. The summed E-state index contributed by atoms with van der Waals surface area (Å²) in [5.41, 5.74) is 0.627. The van der Waals surface area contributed by atoms with E-state index in [4.69, 9.17) is 33.2 Å². The minimum atomic E-state index is -1.19. The van der Waals surface area contributed by atoms with Gasteiger partial charge in [-0.3, -0.25) is 0 Å². The zero-order chi connectivity index (χ0) is 18.4. The van der Waals surface area contributed by atoms with Crippen LogP contribution in [0.15, 0.2) is 18.2 Å². The molecule has 0 radical (unpaired) electrons. The number of nitrogens with one attached hydrogen (secondary N) is 1. The molecule has 0 aliphatic heterocycles. The minimum Gasteiger partial charge on any atom is -0.477 e. The molecule has 0 bridgehead atoms. The van der Waals surface area contributed by atoms with Crippen molar-refractivity contribution in [3.8, 4) is 6.07 Å². The molecule has 0 saturated heterocycles. The topological polar surface area (TPSA) is 103 Å². The Balaban J connectivity index is 2.22. The van der Waals surface area contributed by atoms with Gasteiger partial charge < -0.3 is 14.8 Å². The van der Waals surface area contributed by atoms with Crippen LogP contribution in [0.3, 0.4) is 0 Å². The second kappa shape index (κ2) is 8.56. The molecule has 0 fully saturated rings. The number of nitrogens with zero attached hydrogens (tertiary/aromatic N) is 1. The molecule has 0 unspecified atom stereocenters. The minimum absolute atomic E-state index is 0.0998. The molecule has 2 aromatic rings. The van der Waals surface area contributed by atoms with Crippen molar-refractivity contribution in [2.45, 2.75) is 19.3 Å². The molecule has 0 atom stereocenters. The first-order valence-corrected chi connectivity index (χ1v) is 8.15. The number of carboxylic acid groups (broad SMARTS) is 1. The van der Waals surface area contributed by atoms with Gasteiger partial charge in [-0.2, -0.15) is 5.26 Å². The van der Waals surface area contributed by atoms with Crippen LogP contribution in [0, 0.1) is 11.3 Å². The number of esters is 1. The van der Waals surface area contributed by atoms with Crippen molar-refractivity contribution in [2.75, 3.05) is 6.61 Å². The van der Waals surface area contributed by atoms with E-state index in [-0.39, 0.29) is 22.9 Å². The molecule has 0 amide bonds. The number of nitriles is 1. The second-order valence-corrected chi connectivity index (χ2v) is 5.99. The Morgan fingerprint density at radius 1 is 1.32 bits per heavy atom. The molecule has 1 aromatic heterocycles. The van der Waals surface area contributed by atoms with Gasteiger partial charge in [0.25, 0.3) is 0 Å². The molecule has 0 aliphatic carbocycles. The van der Waals surface area contributed by atoms with Crippen LogP contribution in [0.25, 0.3) is 17.0 Å². The number of carbonyl (C=O) groups is 2. The van der Waals surface area contributed by atoms with Crippen molar-refractivity contribution in [1.82, 2.24) is 4.98 Å². The quantitative estimate of drug-likeness (QED) is 0.420. The van der Waals surface area contributed by atoms with Crippen LogP contribution in [0.1, 0.15) is 35.3 Å². The number of H-pyrrole nitrogens is 1. The first-order valence-electron chi connectivity index (χ1n) is 7.40. The Hall–Kier alpha value is -2.49. The molecule has 0 aliphatic rings. The molecular formula is C17H14Cl2N2O4. The number of ether oxygens (including phenoxy) is 1. The first kappa shape index (κ1) is 18.8. The smallest absolute Gasteiger partial charge is 0.352 e. The summed E-state index contributed by atoms with van der Waals surface area (Å²) >= 11 is 12.1. The maximum atomic E-state index is 11.7. The number of benzene rings is 1. The summed E-state index contributed by atoms with van der Waals surface area (Å²) in [6, 6.07) is 5.06. The zero-order valence-electron chi connectivity index (χ0n) is 13.0. The molecule has 6 nitrogen and oxygen atoms in total. The third kappa shape index (κ3) is 4.75. The maximum Gasteiger partial charge on any atom is 0.352 e. The normalized spacial score (nSPS) is 10.9. The number of aromatic amines is 1. The highest BCUT2D eigenvalue weighted by Gasteiger charge is 2.18. The van der Waals surface area contributed by atoms with Crippen LogP contribution in [-0.4, -0.2) is 28.6 Å². The Labute approximate surface area is 153 Å². The highest BCUT2D eigenvalue weighted by atomic mass is 35.5. The van der Waals surface area contributed by atoms with Crippen molar-refractivity contribution in [3.05, 3.63) is 39.5 Å². The highest BCUT2D eigenvalue weighted by Crippen LogP contribution is 2.33. The zero-order valence-corrected chi connectivity index (χ0v) is 14.5. The van der Waals surface area contributed by atoms with Crippen molar-refractivity contribution in [2.24, 2.45) is 0 Å². The number of rotatable bonds is 7. The summed E-state index contributed by atoms with van der Waals surface area (Å²) in [7, 11) is 0. The van der Waals surface area contributed by atoms with Crippen molar-refractivity contribution < 1.29 is 19.4 Å². The summed E-state index contributed by atoms with van der Waals surface area (Å²) < 4.78 is 5.00. The second-order valence-electron chi connectivity index (χ2n) is 5.15. The van der Waals surface area contributed by atoms with Gasteiger partial charge in [0.1, 0.15) is 5.69 Å². The van der Waals surface area contributed by atoms with Crippen LogP contribution in [0.5, 0.6) is 0 Å². The summed E-state index contributed by atoms with van der Waals surface area (Å²) in [6.45, 7) is 0.195. The molecule has 0 spiro atoms. The molecule has 130 valence electrons. The number of carbonyl (C=O) groups excluding carboxylic acids is 1. The number of carboxylic acids is 1. The number of halogens is 2. The molecular weight excluding hydrogens is 367 g/mol. The predicted octanol–water partition coefficient (Wildman–Crippen LogP) is 4.42. The molecule has 2 rings (SSSR count). The van der Waals surface area contributed by atoms with Gasteiger partial charge in [-0.1, -0.05) is 23.2 Å². The van der Waals surface area contributed by atoms with E-state index in [1.165, 1.54) is 12.1 Å². The van der Waals surface area contributed by atoms with Gasteiger partial charge in [0.15, 0.2) is 0 Å². The summed E-state index contributed by atoms with van der Waals surface area (Å²) in [5, 5.41) is 18.9.